The van der Waals surface area contributed by atoms with Gasteiger partial charge in [0.05, 0.1) is 0 Å². The second kappa shape index (κ2) is 7.20. The predicted molar refractivity (Wildman–Crippen MR) is 80.1 cm³/mol. The number of hydrogen-bond acceptors (Lipinski definition) is 2. The highest BCUT2D eigenvalue weighted by Crippen LogP contribution is 2.12. The minimum atomic E-state index is -0.708. The van der Waals surface area contributed by atoms with E-state index in [0.717, 1.165) is 5.56 Å². The summed E-state index contributed by atoms with van der Waals surface area (Å²) in [7, 11) is 0. The van der Waals surface area contributed by atoms with E-state index >= 15 is 0 Å². The van der Waals surface area contributed by atoms with Crippen molar-refractivity contribution in [1.29, 1.82) is 0 Å². The van der Waals surface area contributed by atoms with Gasteiger partial charge in [-0.3, -0.25) is 9.59 Å². The van der Waals surface area contributed by atoms with Crippen molar-refractivity contribution in [3.63, 3.8) is 0 Å². The smallest absolute Gasteiger partial charge is 0.312 e. The molecule has 0 saturated heterocycles. The van der Waals surface area contributed by atoms with Crippen LogP contribution in [0.15, 0.2) is 18.2 Å². The first-order valence-electron chi connectivity index (χ1n) is 7.10. The minimum Gasteiger partial charge on any atom is -0.344 e. The Morgan fingerprint density at radius 2 is 1.76 bits per heavy atom. The number of carbonyl (C=O) groups is 2. The van der Waals surface area contributed by atoms with E-state index < -0.39 is 11.8 Å². The zero-order valence-electron chi connectivity index (χ0n) is 13.2. The first-order valence-corrected chi connectivity index (χ1v) is 7.10. The molecule has 0 aromatic heterocycles. The second-order valence-electron chi connectivity index (χ2n) is 5.62. The summed E-state index contributed by atoms with van der Waals surface area (Å²) in [5, 5.41) is 2.50. The van der Waals surface area contributed by atoms with Crippen molar-refractivity contribution >= 4 is 11.8 Å². The fraction of sp³-hybridized carbons (Fsp3) is 0.500. The van der Waals surface area contributed by atoms with Crippen LogP contribution in [-0.4, -0.2) is 28.8 Å². The first-order chi connectivity index (χ1) is 9.75. The molecule has 0 aliphatic heterocycles. The number of rotatable bonds is 4. The van der Waals surface area contributed by atoms with Gasteiger partial charge in [-0.05, 0) is 46.2 Å². The summed E-state index contributed by atoms with van der Waals surface area (Å²) in [5.41, 5.74) is 1.15. The van der Waals surface area contributed by atoms with Crippen molar-refractivity contribution in [2.45, 2.75) is 53.2 Å². The van der Waals surface area contributed by atoms with Gasteiger partial charge in [-0.2, -0.15) is 0 Å². The van der Waals surface area contributed by atoms with Crippen LogP contribution in [0.3, 0.4) is 0 Å². The number of benzene rings is 1. The Kier molecular flexibility index (Phi) is 5.88. The third-order valence-corrected chi connectivity index (χ3v) is 3.32. The molecule has 2 amide bonds. The molecule has 0 aliphatic carbocycles. The molecule has 1 aromatic carbocycles. The number of carbonyl (C=O) groups excluding carboxylic acids is 2. The summed E-state index contributed by atoms with van der Waals surface area (Å²) in [6.07, 6.45) is 0. The summed E-state index contributed by atoms with van der Waals surface area (Å²) in [6.45, 7) is 9.19. The molecule has 21 heavy (non-hydrogen) atoms. The van der Waals surface area contributed by atoms with Crippen molar-refractivity contribution in [2.75, 3.05) is 0 Å². The molecule has 0 heterocycles. The Morgan fingerprint density at radius 3 is 2.24 bits per heavy atom. The van der Waals surface area contributed by atoms with E-state index in [-0.39, 0.29) is 24.4 Å². The molecule has 116 valence electrons. The van der Waals surface area contributed by atoms with Crippen molar-refractivity contribution in [2.24, 2.45) is 0 Å². The molecule has 0 radical (unpaired) electrons. The van der Waals surface area contributed by atoms with Crippen molar-refractivity contribution in [3.05, 3.63) is 35.1 Å². The first kappa shape index (κ1) is 17.1. The highest BCUT2D eigenvalue weighted by Gasteiger charge is 2.26. The molecule has 1 rings (SSSR count). The highest BCUT2D eigenvalue weighted by atomic mass is 19.1. The number of aryl methyl sites for hydroxylation is 1. The van der Waals surface area contributed by atoms with Crippen LogP contribution in [-0.2, 0) is 16.1 Å². The molecule has 0 atom stereocenters. The number of halogens is 1. The maximum absolute atomic E-state index is 13.7. The van der Waals surface area contributed by atoms with Crippen molar-refractivity contribution in [1.82, 2.24) is 10.2 Å². The van der Waals surface area contributed by atoms with Crippen LogP contribution in [0, 0.1) is 12.7 Å². The Balaban J connectivity index is 2.75. The fourth-order valence-electron chi connectivity index (χ4n) is 2.32. The molecular weight excluding hydrogens is 271 g/mol. The average molecular weight is 294 g/mol. The molecule has 1 aromatic rings. The lowest BCUT2D eigenvalue weighted by Crippen LogP contribution is -2.49. The molecule has 1 N–H and O–H groups in total. The summed E-state index contributed by atoms with van der Waals surface area (Å²) in [5.74, 6) is -1.68. The number of hydrogen-bond donors (Lipinski definition) is 1. The van der Waals surface area contributed by atoms with Crippen LogP contribution in [0.4, 0.5) is 4.39 Å². The summed E-state index contributed by atoms with van der Waals surface area (Å²) < 4.78 is 13.7. The van der Waals surface area contributed by atoms with Gasteiger partial charge in [-0.15, -0.1) is 0 Å². The van der Waals surface area contributed by atoms with E-state index in [2.05, 4.69) is 5.32 Å². The largest absolute Gasteiger partial charge is 0.344 e. The van der Waals surface area contributed by atoms with E-state index in [1.54, 1.807) is 19.1 Å². The van der Waals surface area contributed by atoms with E-state index in [0.29, 0.717) is 5.56 Å². The predicted octanol–water partition coefficient (Wildman–Crippen LogP) is 2.40. The van der Waals surface area contributed by atoms with Gasteiger partial charge in [-0.1, -0.05) is 12.1 Å². The lowest BCUT2D eigenvalue weighted by atomic mass is 10.1. The van der Waals surface area contributed by atoms with Gasteiger partial charge >= 0.3 is 11.8 Å². The lowest BCUT2D eigenvalue weighted by Gasteiger charge is -2.30. The summed E-state index contributed by atoms with van der Waals surface area (Å²) in [6, 6.07) is 4.57. The number of nitrogens with zero attached hydrogens (tertiary/aromatic N) is 1. The third-order valence-electron chi connectivity index (χ3n) is 3.32. The van der Waals surface area contributed by atoms with Gasteiger partial charge in [0.25, 0.3) is 0 Å². The molecule has 0 unspecified atom stereocenters. The van der Waals surface area contributed by atoms with Crippen molar-refractivity contribution < 1.29 is 14.0 Å². The van der Waals surface area contributed by atoms with Crippen LogP contribution in [0.1, 0.15) is 38.8 Å². The monoisotopic (exact) mass is 294 g/mol. The Bertz CT molecular complexity index is 499. The van der Waals surface area contributed by atoms with E-state index in [9.17, 15) is 14.0 Å². The maximum Gasteiger partial charge on any atom is 0.312 e. The van der Waals surface area contributed by atoms with Crippen LogP contribution < -0.4 is 5.32 Å². The zero-order valence-corrected chi connectivity index (χ0v) is 13.2. The van der Waals surface area contributed by atoms with Gasteiger partial charge in [0, 0.05) is 24.2 Å². The number of amides is 2. The molecule has 0 fully saturated rings. The topological polar surface area (TPSA) is 49.4 Å². The van der Waals surface area contributed by atoms with Gasteiger partial charge < -0.3 is 10.2 Å². The molecular formula is C16H23FN2O2. The SMILES string of the molecule is Cc1cccc(F)c1CNC(=O)C(=O)N(C(C)C)C(C)C. The van der Waals surface area contributed by atoms with Crippen LogP contribution in [0.5, 0.6) is 0 Å². The van der Waals surface area contributed by atoms with Crippen molar-refractivity contribution in [3.8, 4) is 0 Å². The summed E-state index contributed by atoms with van der Waals surface area (Å²) >= 11 is 0. The fourth-order valence-corrected chi connectivity index (χ4v) is 2.32. The highest BCUT2D eigenvalue weighted by molar-refractivity contribution is 6.35. The molecule has 0 spiro atoms. The van der Waals surface area contributed by atoms with E-state index in [1.165, 1.54) is 11.0 Å². The second-order valence-corrected chi connectivity index (χ2v) is 5.62. The van der Waals surface area contributed by atoms with Gasteiger partial charge in [0.15, 0.2) is 0 Å². The Hall–Kier alpha value is -1.91. The molecule has 0 saturated carbocycles. The Labute approximate surface area is 125 Å². The Morgan fingerprint density at radius 1 is 1.19 bits per heavy atom. The third kappa shape index (κ3) is 4.28. The zero-order chi connectivity index (χ0) is 16.2. The standard InChI is InChI=1S/C16H23FN2O2/c1-10(2)19(11(3)4)16(21)15(20)18-9-13-12(5)7-6-8-14(13)17/h6-8,10-11H,9H2,1-5H3,(H,18,20). The molecule has 0 bridgehead atoms. The molecule has 5 heteroatoms. The average Bonchev–Trinajstić information content (AvgIpc) is 2.36. The quantitative estimate of drug-likeness (QED) is 0.867. The maximum atomic E-state index is 13.7. The van der Waals surface area contributed by atoms with Gasteiger partial charge in [0.1, 0.15) is 5.82 Å². The van der Waals surface area contributed by atoms with Crippen LogP contribution in [0.25, 0.3) is 0 Å². The lowest BCUT2D eigenvalue weighted by molar-refractivity contribution is -0.148. The van der Waals surface area contributed by atoms with Crippen LogP contribution in [0.2, 0.25) is 0 Å². The normalized spacial score (nSPS) is 10.9. The van der Waals surface area contributed by atoms with Gasteiger partial charge in [-0.25, -0.2) is 4.39 Å². The molecule has 4 nitrogen and oxygen atoms in total. The summed E-state index contributed by atoms with van der Waals surface area (Å²) in [4.78, 5) is 25.6. The minimum absolute atomic E-state index is 0.00705. The molecule has 0 aliphatic rings. The van der Waals surface area contributed by atoms with Crippen LogP contribution >= 0.6 is 0 Å². The van der Waals surface area contributed by atoms with E-state index in [4.69, 9.17) is 0 Å². The van der Waals surface area contributed by atoms with Gasteiger partial charge in [0.2, 0.25) is 0 Å². The van der Waals surface area contributed by atoms with E-state index in [1.807, 2.05) is 27.7 Å². The number of nitrogens with one attached hydrogen (secondary N) is 1.